The summed E-state index contributed by atoms with van der Waals surface area (Å²) in [5.41, 5.74) is 0. The summed E-state index contributed by atoms with van der Waals surface area (Å²) in [5.74, 6) is 0.0607. The van der Waals surface area contributed by atoms with Gasteiger partial charge >= 0.3 is 6.03 Å². The Kier molecular flexibility index (Phi) is 3.79. The van der Waals surface area contributed by atoms with Crippen LogP contribution in [0.4, 0.5) is 4.79 Å². The molecule has 8 heteroatoms. The molecule has 1 aliphatic rings. The summed E-state index contributed by atoms with van der Waals surface area (Å²) in [7, 11) is 1.52. The third-order valence-electron chi connectivity index (χ3n) is 2.77. The van der Waals surface area contributed by atoms with Crippen LogP contribution in [0, 0.1) is 0 Å². The van der Waals surface area contributed by atoms with Gasteiger partial charge in [-0.1, -0.05) is 0 Å². The maximum atomic E-state index is 11.6. The first-order valence-corrected chi connectivity index (χ1v) is 5.88. The number of imide groups is 1. The number of hydrogen-bond acceptors (Lipinski definition) is 4. The van der Waals surface area contributed by atoms with Crippen LogP contribution >= 0.6 is 0 Å². The minimum absolute atomic E-state index is 0.0263. The number of nitrogens with one attached hydrogen (secondary N) is 2. The molecular weight excluding hydrogens is 250 g/mol. The smallest absolute Gasteiger partial charge is 0.327 e. The molecule has 1 aromatic heterocycles. The van der Waals surface area contributed by atoms with Crippen molar-refractivity contribution in [2.45, 2.75) is 6.42 Å². The Labute approximate surface area is 109 Å². The van der Waals surface area contributed by atoms with Crippen LogP contribution in [-0.4, -0.2) is 64.3 Å². The highest BCUT2D eigenvalue weighted by atomic mass is 16.2. The minimum atomic E-state index is -0.439. The molecule has 0 radical (unpaired) electrons. The molecule has 0 unspecified atom stereocenters. The zero-order chi connectivity index (χ0) is 13.8. The molecule has 2 N–H and O–H groups in total. The van der Waals surface area contributed by atoms with Crippen molar-refractivity contribution < 1.29 is 14.4 Å². The zero-order valence-corrected chi connectivity index (χ0v) is 10.5. The molecule has 8 nitrogen and oxygen atoms in total. The number of hydrogen-bond donors (Lipinski definition) is 2. The van der Waals surface area contributed by atoms with Gasteiger partial charge in [0.1, 0.15) is 18.9 Å². The second kappa shape index (κ2) is 5.51. The van der Waals surface area contributed by atoms with Gasteiger partial charge in [0, 0.05) is 32.4 Å². The van der Waals surface area contributed by atoms with E-state index in [9.17, 15) is 14.4 Å². The van der Waals surface area contributed by atoms with Crippen LogP contribution in [0.2, 0.25) is 0 Å². The second-order valence-corrected chi connectivity index (χ2v) is 4.25. The van der Waals surface area contributed by atoms with Gasteiger partial charge in [-0.05, 0) is 0 Å². The van der Waals surface area contributed by atoms with E-state index in [1.807, 2.05) is 0 Å². The molecule has 1 aliphatic heterocycles. The van der Waals surface area contributed by atoms with Crippen LogP contribution in [0.5, 0.6) is 0 Å². The molecule has 4 amide bonds. The largest absolute Gasteiger partial charge is 0.354 e. The summed E-state index contributed by atoms with van der Waals surface area (Å²) in [6.07, 6.45) is 3.91. The van der Waals surface area contributed by atoms with Crippen molar-refractivity contribution in [3.63, 3.8) is 0 Å². The molecule has 19 heavy (non-hydrogen) atoms. The number of carbonyl (C=O) groups is 3. The SMILES string of the molecule is CN1CC(=O)N(CC(=O)NCCc2ncc[nH]2)C1=O. The number of nitrogens with zero attached hydrogens (tertiary/aromatic N) is 3. The van der Waals surface area contributed by atoms with E-state index in [0.29, 0.717) is 13.0 Å². The van der Waals surface area contributed by atoms with Crippen molar-refractivity contribution in [2.75, 3.05) is 26.7 Å². The summed E-state index contributed by atoms with van der Waals surface area (Å²) in [4.78, 5) is 43.8. The van der Waals surface area contributed by atoms with Crippen molar-refractivity contribution in [2.24, 2.45) is 0 Å². The molecule has 0 bridgehead atoms. The quantitative estimate of drug-likeness (QED) is 0.664. The fourth-order valence-corrected chi connectivity index (χ4v) is 1.78. The number of urea groups is 1. The number of carbonyl (C=O) groups excluding carboxylic acids is 3. The van der Waals surface area contributed by atoms with Crippen molar-refractivity contribution in [3.05, 3.63) is 18.2 Å². The fraction of sp³-hybridized carbons (Fsp3) is 0.455. The first-order chi connectivity index (χ1) is 9.08. The van der Waals surface area contributed by atoms with E-state index < -0.39 is 6.03 Å². The summed E-state index contributed by atoms with van der Waals surface area (Å²) in [5, 5.41) is 2.64. The van der Waals surface area contributed by atoms with Gasteiger partial charge in [-0.3, -0.25) is 14.5 Å². The molecule has 1 aromatic rings. The molecule has 2 heterocycles. The molecule has 0 saturated carbocycles. The molecule has 0 aliphatic carbocycles. The highest BCUT2D eigenvalue weighted by Crippen LogP contribution is 2.06. The standard InChI is InChI=1S/C11H15N5O3/c1-15-7-10(18)16(11(15)19)6-9(17)14-3-2-8-12-4-5-13-8/h4-5H,2-3,6-7H2,1H3,(H,12,13)(H,14,17). The number of aromatic nitrogens is 2. The predicted octanol–water partition coefficient (Wildman–Crippen LogP) is -1.04. The Hall–Kier alpha value is -2.38. The second-order valence-electron chi connectivity index (χ2n) is 4.25. The molecular formula is C11H15N5O3. The molecule has 102 valence electrons. The lowest BCUT2D eigenvalue weighted by molar-refractivity contribution is -0.130. The summed E-state index contributed by atoms with van der Waals surface area (Å²) in [6, 6.07) is -0.439. The van der Waals surface area contributed by atoms with Crippen LogP contribution in [0.3, 0.4) is 0 Å². The fourth-order valence-electron chi connectivity index (χ4n) is 1.78. The van der Waals surface area contributed by atoms with E-state index >= 15 is 0 Å². The first kappa shape index (κ1) is 13.1. The minimum Gasteiger partial charge on any atom is -0.354 e. The number of rotatable bonds is 5. The van der Waals surface area contributed by atoms with Gasteiger partial charge in [0.15, 0.2) is 0 Å². The third-order valence-corrected chi connectivity index (χ3v) is 2.77. The van der Waals surface area contributed by atoms with Crippen LogP contribution in [0.1, 0.15) is 5.82 Å². The Morgan fingerprint density at radius 3 is 2.89 bits per heavy atom. The van der Waals surface area contributed by atoms with Gasteiger partial charge in [-0.2, -0.15) is 0 Å². The highest BCUT2D eigenvalue weighted by molar-refractivity contribution is 6.04. The Bertz CT molecular complexity index is 485. The van der Waals surface area contributed by atoms with Crippen LogP contribution < -0.4 is 5.32 Å². The number of H-pyrrole nitrogens is 1. The Balaban J connectivity index is 1.75. The lowest BCUT2D eigenvalue weighted by Crippen LogP contribution is -2.41. The average molecular weight is 265 g/mol. The molecule has 2 rings (SSSR count). The van der Waals surface area contributed by atoms with Gasteiger partial charge in [0.2, 0.25) is 5.91 Å². The maximum absolute atomic E-state index is 11.6. The zero-order valence-electron chi connectivity index (χ0n) is 10.5. The molecule has 1 saturated heterocycles. The van der Waals surface area contributed by atoms with E-state index in [1.54, 1.807) is 12.4 Å². The first-order valence-electron chi connectivity index (χ1n) is 5.88. The number of imidazole rings is 1. The van der Waals surface area contributed by atoms with Gasteiger partial charge in [0.05, 0.1) is 0 Å². The Morgan fingerprint density at radius 2 is 2.32 bits per heavy atom. The predicted molar refractivity (Wildman–Crippen MR) is 65.0 cm³/mol. The monoisotopic (exact) mass is 265 g/mol. The van der Waals surface area contributed by atoms with E-state index in [2.05, 4.69) is 15.3 Å². The van der Waals surface area contributed by atoms with E-state index in [-0.39, 0.29) is 24.9 Å². The van der Waals surface area contributed by atoms with E-state index in [4.69, 9.17) is 0 Å². The normalized spacial score (nSPS) is 15.2. The number of aromatic amines is 1. The van der Waals surface area contributed by atoms with E-state index in [0.717, 1.165) is 10.7 Å². The summed E-state index contributed by atoms with van der Waals surface area (Å²) >= 11 is 0. The number of amides is 4. The lowest BCUT2D eigenvalue weighted by atomic mass is 10.4. The van der Waals surface area contributed by atoms with Gasteiger partial charge in [-0.25, -0.2) is 9.78 Å². The molecule has 0 spiro atoms. The van der Waals surface area contributed by atoms with Crippen LogP contribution in [-0.2, 0) is 16.0 Å². The third kappa shape index (κ3) is 3.09. The molecule has 0 atom stereocenters. The lowest BCUT2D eigenvalue weighted by Gasteiger charge is -2.13. The van der Waals surface area contributed by atoms with Crippen molar-refractivity contribution in [1.29, 1.82) is 0 Å². The average Bonchev–Trinajstić information content (AvgIpc) is 2.94. The van der Waals surface area contributed by atoms with Crippen molar-refractivity contribution >= 4 is 17.8 Å². The van der Waals surface area contributed by atoms with Crippen molar-refractivity contribution in [1.82, 2.24) is 25.1 Å². The highest BCUT2D eigenvalue weighted by Gasteiger charge is 2.34. The van der Waals surface area contributed by atoms with Crippen LogP contribution in [0.25, 0.3) is 0 Å². The number of likely N-dealkylation sites (N-methyl/N-ethyl adjacent to an activating group) is 1. The van der Waals surface area contributed by atoms with Gasteiger partial charge < -0.3 is 15.2 Å². The summed E-state index contributed by atoms with van der Waals surface area (Å²) in [6.45, 7) is 0.192. The van der Waals surface area contributed by atoms with Crippen LogP contribution in [0.15, 0.2) is 12.4 Å². The molecule has 1 fully saturated rings. The Morgan fingerprint density at radius 1 is 1.53 bits per heavy atom. The van der Waals surface area contributed by atoms with Gasteiger partial charge in [-0.15, -0.1) is 0 Å². The summed E-state index contributed by atoms with van der Waals surface area (Å²) < 4.78 is 0. The van der Waals surface area contributed by atoms with E-state index in [1.165, 1.54) is 11.9 Å². The van der Waals surface area contributed by atoms with Gasteiger partial charge in [0.25, 0.3) is 5.91 Å². The maximum Gasteiger partial charge on any atom is 0.327 e. The van der Waals surface area contributed by atoms with Crippen molar-refractivity contribution in [3.8, 4) is 0 Å². The topological polar surface area (TPSA) is 98.4 Å². The molecule has 0 aromatic carbocycles.